The van der Waals surface area contributed by atoms with Gasteiger partial charge in [-0.15, -0.1) is 0 Å². The summed E-state index contributed by atoms with van der Waals surface area (Å²) in [5, 5.41) is 18.0. The van der Waals surface area contributed by atoms with Gasteiger partial charge >= 0.3 is 0 Å². The number of aryl methyl sites for hydroxylation is 2. The van der Waals surface area contributed by atoms with E-state index < -0.39 is 0 Å². The van der Waals surface area contributed by atoms with Crippen LogP contribution in [0.3, 0.4) is 0 Å². The number of nitrogens with one attached hydrogen (secondary N) is 2. The van der Waals surface area contributed by atoms with E-state index in [0.29, 0.717) is 16.1 Å². The maximum atomic E-state index is 7.02. The highest BCUT2D eigenvalue weighted by molar-refractivity contribution is 6.40. The molecule has 2 fully saturated rings. The first-order valence-corrected chi connectivity index (χ1v) is 13.0. The van der Waals surface area contributed by atoms with Crippen molar-refractivity contribution in [3.05, 3.63) is 58.4 Å². The summed E-state index contributed by atoms with van der Waals surface area (Å²) in [5.74, 6) is 0. The third kappa shape index (κ3) is 3.82. The minimum absolute atomic E-state index is 0.285. The van der Waals surface area contributed by atoms with Gasteiger partial charge in [-0.2, -0.15) is 10.2 Å². The van der Waals surface area contributed by atoms with Crippen LogP contribution in [0.25, 0.3) is 33.1 Å². The van der Waals surface area contributed by atoms with E-state index in [1.54, 1.807) is 0 Å². The Balaban J connectivity index is 1.54. The molecule has 0 bridgehead atoms. The summed E-state index contributed by atoms with van der Waals surface area (Å²) in [7, 11) is 1.94. The lowest BCUT2D eigenvalue weighted by Gasteiger charge is -2.47. The number of benzene rings is 2. The highest BCUT2D eigenvalue weighted by Crippen LogP contribution is 2.42. The predicted molar refractivity (Wildman–Crippen MR) is 148 cm³/mol. The van der Waals surface area contributed by atoms with Gasteiger partial charge in [-0.05, 0) is 67.9 Å². The van der Waals surface area contributed by atoms with Crippen LogP contribution >= 0.6 is 11.6 Å². The molecule has 1 spiro atoms. The van der Waals surface area contributed by atoms with E-state index in [1.165, 1.54) is 12.8 Å². The van der Waals surface area contributed by atoms with E-state index >= 15 is 0 Å². The first kappa shape index (κ1) is 23.3. The average Bonchev–Trinajstić information content (AvgIpc) is 3.46. The number of rotatable bonds is 4. The Morgan fingerprint density at radius 2 is 2.08 bits per heavy atom. The molecule has 1 saturated carbocycles. The molecule has 186 valence electrons. The number of fused-ring (bicyclic) bond motifs is 2. The zero-order valence-corrected chi connectivity index (χ0v) is 21.8. The highest BCUT2D eigenvalue weighted by atomic mass is 35.5. The molecular formula is C28H32ClN7. The molecule has 0 radical (unpaired) electrons. The largest absolute Gasteiger partial charge is 0.398 e. The van der Waals surface area contributed by atoms with Crippen molar-refractivity contribution in [1.29, 1.82) is 0 Å². The van der Waals surface area contributed by atoms with Crippen molar-refractivity contribution in [2.24, 2.45) is 23.2 Å². The van der Waals surface area contributed by atoms with Gasteiger partial charge in [0.05, 0.1) is 34.5 Å². The van der Waals surface area contributed by atoms with Crippen molar-refractivity contribution in [3.8, 4) is 0 Å². The molecule has 2 aliphatic rings. The first-order chi connectivity index (χ1) is 17.3. The molecular weight excluding hydrogens is 470 g/mol. The van der Waals surface area contributed by atoms with Crippen molar-refractivity contribution >= 4 is 50.4 Å². The number of hydrogen-bond donors (Lipinski definition) is 3. The molecule has 4 N–H and O–H groups in total. The van der Waals surface area contributed by atoms with Crippen LogP contribution in [0, 0.1) is 12.3 Å². The van der Waals surface area contributed by atoms with E-state index in [2.05, 4.69) is 45.7 Å². The lowest BCUT2D eigenvalue weighted by Crippen LogP contribution is -2.56. The van der Waals surface area contributed by atoms with Crippen LogP contribution in [-0.4, -0.2) is 44.8 Å². The molecule has 8 heteroatoms. The maximum absolute atomic E-state index is 7.02. The van der Waals surface area contributed by atoms with Crippen LogP contribution in [0.4, 0.5) is 0 Å². The summed E-state index contributed by atoms with van der Waals surface area (Å²) < 4.78 is 1.87. The number of halogens is 1. The SMILES string of the molecule is CC(=NC1CCCC2(CNC2)C1)/C(=C(\N)c1ccc2c(cnn2C)c1)c1c(Cl)c(C)cc2[nH]ncc12. The van der Waals surface area contributed by atoms with Gasteiger partial charge in [-0.3, -0.25) is 14.8 Å². The van der Waals surface area contributed by atoms with E-state index in [1.807, 2.05) is 37.1 Å². The Bertz CT molecular complexity index is 1540. The van der Waals surface area contributed by atoms with Crippen LogP contribution in [0.1, 0.15) is 49.3 Å². The van der Waals surface area contributed by atoms with Gasteiger partial charge in [0.2, 0.25) is 0 Å². The predicted octanol–water partition coefficient (Wildman–Crippen LogP) is 5.23. The zero-order valence-electron chi connectivity index (χ0n) is 21.0. The summed E-state index contributed by atoms with van der Waals surface area (Å²) in [5.41, 5.74) is 14.7. The minimum Gasteiger partial charge on any atom is -0.398 e. The molecule has 1 saturated heterocycles. The van der Waals surface area contributed by atoms with Crippen LogP contribution in [0.15, 0.2) is 41.7 Å². The Morgan fingerprint density at radius 1 is 1.25 bits per heavy atom. The summed E-state index contributed by atoms with van der Waals surface area (Å²) in [6, 6.07) is 8.53. The number of nitrogens with zero attached hydrogens (tertiary/aromatic N) is 4. The molecule has 2 aromatic heterocycles. The fourth-order valence-electron chi connectivity index (χ4n) is 6.10. The molecule has 36 heavy (non-hydrogen) atoms. The van der Waals surface area contributed by atoms with E-state index in [4.69, 9.17) is 22.3 Å². The molecule has 7 nitrogen and oxygen atoms in total. The van der Waals surface area contributed by atoms with Crippen molar-refractivity contribution in [2.75, 3.05) is 13.1 Å². The molecule has 3 heterocycles. The Morgan fingerprint density at radius 3 is 2.86 bits per heavy atom. The summed E-state index contributed by atoms with van der Waals surface area (Å²) >= 11 is 7.01. The van der Waals surface area contributed by atoms with Gasteiger partial charge in [0, 0.05) is 53.5 Å². The van der Waals surface area contributed by atoms with Crippen molar-refractivity contribution in [2.45, 2.75) is 45.6 Å². The van der Waals surface area contributed by atoms with Gasteiger partial charge in [-0.1, -0.05) is 24.1 Å². The van der Waals surface area contributed by atoms with Gasteiger partial charge in [0.25, 0.3) is 0 Å². The quantitative estimate of drug-likeness (QED) is 0.263. The molecule has 1 aliphatic heterocycles. The molecule has 0 amide bonds. The fourth-order valence-corrected chi connectivity index (χ4v) is 6.35. The molecule has 2 aromatic carbocycles. The zero-order chi connectivity index (χ0) is 25.0. The second kappa shape index (κ2) is 8.75. The Hall–Kier alpha value is -3.16. The van der Waals surface area contributed by atoms with Gasteiger partial charge < -0.3 is 11.1 Å². The van der Waals surface area contributed by atoms with Crippen LogP contribution < -0.4 is 11.1 Å². The summed E-state index contributed by atoms with van der Waals surface area (Å²) in [4.78, 5) is 5.31. The number of aliphatic imine (C=N–C) groups is 1. The minimum atomic E-state index is 0.285. The highest BCUT2D eigenvalue weighted by Gasteiger charge is 2.41. The van der Waals surface area contributed by atoms with E-state index in [9.17, 15) is 0 Å². The molecule has 1 unspecified atom stereocenters. The van der Waals surface area contributed by atoms with Gasteiger partial charge in [0.15, 0.2) is 0 Å². The second-order valence-corrected chi connectivity index (χ2v) is 11.0. The van der Waals surface area contributed by atoms with Crippen LogP contribution in [-0.2, 0) is 7.05 Å². The topological polar surface area (TPSA) is 96.9 Å². The maximum Gasteiger partial charge on any atom is 0.0679 e. The van der Waals surface area contributed by atoms with Crippen molar-refractivity contribution < 1.29 is 0 Å². The summed E-state index contributed by atoms with van der Waals surface area (Å²) in [6.45, 7) is 6.30. The first-order valence-electron chi connectivity index (χ1n) is 12.7. The molecule has 1 atom stereocenters. The van der Waals surface area contributed by atoms with Crippen LogP contribution in [0.5, 0.6) is 0 Å². The van der Waals surface area contributed by atoms with Gasteiger partial charge in [-0.25, -0.2) is 0 Å². The average molecular weight is 502 g/mol. The third-order valence-corrected chi connectivity index (χ3v) is 8.58. The smallest absolute Gasteiger partial charge is 0.0679 e. The number of hydrogen-bond acceptors (Lipinski definition) is 5. The van der Waals surface area contributed by atoms with Crippen molar-refractivity contribution in [3.63, 3.8) is 0 Å². The number of aromatic amines is 1. The van der Waals surface area contributed by atoms with E-state index in [-0.39, 0.29) is 6.04 Å². The summed E-state index contributed by atoms with van der Waals surface area (Å²) in [6.07, 6.45) is 8.43. The van der Waals surface area contributed by atoms with Gasteiger partial charge in [0.1, 0.15) is 0 Å². The lowest BCUT2D eigenvalue weighted by molar-refractivity contribution is 0.0957. The monoisotopic (exact) mass is 501 g/mol. The van der Waals surface area contributed by atoms with Crippen molar-refractivity contribution in [1.82, 2.24) is 25.3 Å². The molecule has 4 aromatic rings. The second-order valence-electron chi connectivity index (χ2n) is 10.6. The number of aromatic nitrogens is 4. The number of allylic oxidation sites excluding steroid dienone is 1. The Labute approximate surface area is 215 Å². The molecule has 6 rings (SSSR count). The fraction of sp³-hybridized carbons (Fsp3) is 0.393. The lowest BCUT2D eigenvalue weighted by atomic mass is 9.68. The number of nitrogens with two attached hydrogens (primary N) is 1. The van der Waals surface area contributed by atoms with Crippen LogP contribution in [0.2, 0.25) is 5.02 Å². The molecule has 1 aliphatic carbocycles. The van der Waals surface area contributed by atoms with E-state index in [0.717, 1.165) is 75.7 Å². The normalized spacial score (nSPS) is 20.7. The standard InChI is InChI=1S/C28H32ClN7/c1-16-9-22-21(13-32-35-22)25(26(16)29)24(17(2)34-20-5-4-8-28(11-20)14-31-15-28)27(30)18-6-7-23-19(10-18)12-33-36(23)3/h6-7,9-10,12-13,20,31H,4-5,8,11,14-15,30H2,1-3H3,(H,32,35)/b27-24+,34-17?. The third-order valence-electron chi connectivity index (χ3n) is 8.09. The Kier molecular flexibility index (Phi) is 5.65. The number of H-pyrrole nitrogens is 1.